The van der Waals surface area contributed by atoms with Gasteiger partial charge in [0.25, 0.3) is 5.91 Å². The Morgan fingerprint density at radius 2 is 1.69 bits per heavy atom. The van der Waals surface area contributed by atoms with E-state index in [1.807, 2.05) is 12.1 Å². The van der Waals surface area contributed by atoms with Crippen LogP contribution in [0.3, 0.4) is 0 Å². The molecule has 3 aliphatic rings. The van der Waals surface area contributed by atoms with Gasteiger partial charge in [-0.25, -0.2) is 0 Å². The number of nitrogens with one attached hydrogen (secondary N) is 2. The lowest BCUT2D eigenvalue weighted by atomic mass is 9.71. The number of amides is 1. The minimum Gasteiger partial charge on any atom is -0.507 e. The first-order valence-corrected chi connectivity index (χ1v) is 16.7. The Bertz CT molecular complexity index is 2010. The van der Waals surface area contributed by atoms with Gasteiger partial charge in [0.1, 0.15) is 11.5 Å². The van der Waals surface area contributed by atoms with E-state index in [2.05, 4.69) is 29.7 Å². The van der Waals surface area contributed by atoms with E-state index in [9.17, 15) is 24.6 Å². The lowest BCUT2D eigenvalue weighted by Crippen LogP contribution is -2.26. The zero-order valence-electron chi connectivity index (χ0n) is 26.6. The second-order valence-electron chi connectivity index (χ2n) is 13.0. The van der Waals surface area contributed by atoms with Crippen LogP contribution in [-0.2, 0) is 6.42 Å². The summed E-state index contributed by atoms with van der Waals surface area (Å²) in [5, 5.41) is 29.2. The largest absolute Gasteiger partial charge is 0.507 e. The van der Waals surface area contributed by atoms with Gasteiger partial charge in [-0.15, -0.1) is 12.4 Å². The molecule has 0 spiro atoms. The third-order valence-corrected chi connectivity index (χ3v) is 9.90. The van der Waals surface area contributed by atoms with Crippen molar-refractivity contribution in [3.63, 3.8) is 0 Å². The maximum atomic E-state index is 13.1. The highest BCUT2D eigenvalue weighted by Crippen LogP contribution is 2.47. The molecule has 10 heteroatoms. The molecule has 8 nitrogen and oxygen atoms in total. The molecule has 0 aliphatic heterocycles. The van der Waals surface area contributed by atoms with Gasteiger partial charge in [0.15, 0.2) is 5.78 Å². The molecule has 1 aromatic heterocycles. The molecule has 0 radical (unpaired) electrons. The highest BCUT2D eigenvalue weighted by atomic mass is 35.5. The minimum absolute atomic E-state index is 0. The number of anilines is 1. The number of carbonyl (C=O) groups excluding carboxylic acids is 3. The number of aromatic hydroxyl groups is 2. The molecule has 0 saturated carbocycles. The molecule has 1 heterocycles. The standard InChI is InChI=1S/C38H36ClN3O5.ClH/c1-20-13-21-15-22(14-20)32-29(16-21)42-28-19-24(39)9-10-25(28)35(32)40-11-4-2-3-5-12-41-38(47)23-17-27-34(31(44)18-23)37(46)33-26(36(27)45)7-6-8-30(33)43;/h6-10,13,17-19,21-22,43-44H,2-5,11-12,14-16H2,1H3,(H,40,42)(H,41,47);1H. The number of pyridine rings is 1. The smallest absolute Gasteiger partial charge is 0.251 e. The first-order valence-electron chi connectivity index (χ1n) is 16.3. The number of carbonyl (C=O) groups is 3. The third kappa shape index (κ3) is 6.15. The molecule has 2 unspecified atom stereocenters. The van der Waals surface area contributed by atoms with Crippen LogP contribution < -0.4 is 10.6 Å². The Kier molecular flexibility index (Phi) is 9.50. The van der Waals surface area contributed by atoms with E-state index >= 15 is 0 Å². The number of hydrogen-bond acceptors (Lipinski definition) is 7. The first kappa shape index (κ1) is 33.5. The minimum atomic E-state index is -0.650. The van der Waals surface area contributed by atoms with Crippen LogP contribution in [0.1, 0.15) is 105 Å². The lowest BCUT2D eigenvalue weighted by molar-refractivity contribution is 0.0948. The Balaban J connectivity index is 0.00000401. The number of hydrogen-bond donors (Lipinski definition) is 4. The van der Waals surface area contributed by atoms with E-state index in [0.29, 0.717) is 23.4 Å². The summed E-state index contributed by atoms with van der Waals surface area (Å²) >= 11 is 6.34. The van der Waals surface area contributed by atoms with Crippen molar-refractivity contribution >= 4 is 58.1 Å². The molecule has 0 fully saturated rings. The van der Waals surface area contributed by atoms with Crippen molar-refractivity contribution in [2.24, 2.45) is 5.92 Å². The average molecular weight is 687 g/mol. The summed E-state index contributed by atoms with van der Waals surface area (Å²) < 4.78 is 0. The van der Waals surface area contributed by atoms with Crippen molar-refractivity contribution in [1.82, 2.24) is 10.3 Å². The molecule has 0 saturated heterocycles. The van der Waals surface area contributed by atoms with E-state index in [1.54, 1.807) is 0 Å². The highest BCUT2D eigenvalue weighted by Gasteiger charge is 2.35. The van der Waals surface area contributed by atoms with Gasteiger partial charge in [-0.2, -0.15) is 0 Å². The topological polar surface area (TPSA) is 129 Å². The molecule has 7 rings (SSSR count). The molecule has 1 amide bonds. The predicted octanol–water partition coefficient (Wildman–Crippen LogP) is 7.89. The number of phenols is 2. The zero-order valence-corrected chi connectivity index (χ0v) is 28.1. The van der Waals surface area contributed by atoms with Gasteiger partial charge in [-0.05, 0) is 87.3 Å². The van der Waals surface area contributed by atoms with Crippen LogP contribution >= 0.6 is 24.0 Å². The highest BCUT2D eigenvalue weighted by molar-refractivity contribution is 6.31. The summed E-state index contributed by atoms with van der Waals surface area (Å²) in [6.45, 7) is 3.50. The monoisotopic (exact) mass is 685 g/mol. The Morgan fingerprint density at radius 1 is 0.917 bits per heavy atom. The number of phenolic OH excluding ortho intramolecular Hbond substituents is 2. The van der Waals surface area contributed by atoms with Crippen LogP contribution in [0.2, 0.25) is 5.02 Å². The summed E-state index contributed by atoms with van der Waals surface area (Å²) in [6, 6.07) is 12.7. The molecule has 3 aromatic carbocycles. The molecular weight excluding hydrogens is 649 g/mol. The van der Waals surface area contributed by atoms with Crippen molar-refractivity contribution in [1.29, 1.82) is 0 Å². The fourth-order valence-electron chi connectivity index (χ4n) is 7.61. The van der Waals surface area contributed by atoms with Gasteiger partial charge in [-0.1, -0.05) is 48.2 Å². The van der Waals surface area contributed by atoms with Gasteiger partial charge in [0.05, 0.1) is 16.6 Å². The van der Waals surface area contributed by atoms with Gasteiger partial charge in [0, 0.05) is 57.1 Å². The van der Waals surface area contributed by atoms with Crippen molar-refractivity contribution < 1.29 is 24.6 Å². The number of halogens is 2. The fraction of sp³-hybridized carbons (Fsp3) is 0.316. The SMILES string of the molecule is CC1=CC2Cc3nc4cc(Cl)ccc4c(NCCCCCCNC(=O)c4cc(O)c5c(c4)C(=O)c4cccc(O)c4C5=O)c3C(C1)C2.Cl. The van der Waals surface area contributed by atoms with Crippen LogP contribution in [0.5, 0.6) is 11.5 Å². The van der Waals surface area contributed by atoms with E-state index in [-0.39, 0.29) is 46.0 Å². The van der Waals surface area contributed by atoms with Crippen LogP contribution in [0, 0.1) is 5.92 Å². The summed E-state index contributed by atoms with van der Waals surface area (Å²) in [4.78, 5) is 44.1. The lowest BCUT2D eigenvalue weighted by Gasteiger charge is -2.36. The molecule has 4 aromatic rings. The van der Waals surface area contributed by atoms with Crippen molar-refractivity contribution in [2.45, 2.75) is 57.8 Å². The normalized spacial score (nSPS) is 17.5. The van der Waals surface area contributed by atoms with E-state index in [1.165, 1.54) is 59.3 Å². The summed E-state index contributed by atoms with van der Waals surface area (Å²) in [5.74, 6) is -1.37. The van der Waals surface area contributed by atoms with Gasteiger partial charge in [-0.3, -0.25) is 19.4 Å². The predicted molar refractivity (Wildman–Crippen MR) is 189 cm³/mol. The third-order valence-electron chi connectivity index (χ3n) is 9.66. The van der Waals surface area contributed by atoms with E-state index < -0.39 is 23.2 Å². The average Bonchev–Trinajstić information content (AvgIpc) is 3.03. The zero-order chi connectivity index (χ0) is 32.8. The van der Waals surface area contributed by atoms with Crippen molar-refractivity contribution in [2.75, 3.05) is 18.4 Å². The fourth-order valence-corrected chi connectivity index (χ4v) is 7.78. The number of benzene rings is 3. The molecule has 4 N–H and O–H groups in total. The van der Waals surface area contributed by atoms with E-state index in [0.717, 1.165) is 56.0 Å². The molecule has 2 bridgehead atoms. The van der Waals surface area contributed by atoms with Gasteiger partial charge >= 0.3 is 0 Å². The van der Waals surface area contributed by atoms with E-state index in [4.69, 9.17) is 16.6 Å². The Labute approximate surface area is 290 Å². The maximum Gasteiger partial charge on any atom is 0.251 e. The summed E-state index contributed by atoms with van der Waals surface area (Å²) in [7, 11) is 0. The molecule has 248 valence electrons. The van der Waals surface area contributed by atoms with Crippen LogP contribution in [0.15, 0.2) is 60.2 Å². The van der Waals surface area contributed by atoms with Gasteiger partial charge < -0.3 is 20.8 Å². The second kappa shape index (κ2) is 13.6. The second-order valence-corrected chi connectivity index (χ2v) is 13.4. The van der Waals surface area contributed by atoms with Crippen LogP contribution in [0.4, 0.5) is 5.69 Å². The molecule has 2 atom stereocenters. The number of rotatable bonds is 9. The molecule has 3 aliphatic carbocycles. The van der Waals surface area contributed by atoms with Gasteiger partial charge in [0.2, 0.25) is 5.78 Å². The molecular formula is C38H37Cl2N3O5. The first-order chi connectivity index (χ1) is 22.7. The molecule has 48 heavy (non-hydrogen) atoms. The van der Waals surface area contributed by atoms with Crippen molar-refractivity contribution in [3.8, 4) is 11.5 Å². The quantitative estimate of drug-likeness (QED) is 0.0917. The summed E-state index contributed by atoms with van der Waals surface area (Å²) in [5.41, 5.74) is 5.90. The van der Waals surface area contributed by atoms with Crippen LogP contribution in [-0.4, -0.2) is 45.8 Å². The number of ketones is 2. The number of nitrogens with zero attached hydrogens (tertiary/aromatic N) is 1. The van der Waals surface area contributed by atoms with Crippen LogP contribution in [0.25, 0.3) is 10.9 Å². The maximum absolute atomic E-state index is 13.1. The Morgan fingerprint density at radius 3 is 2.50 bits per heavy atom. The number of aromatic nitrogens is 1. The Hall–Kier alpha value is -4.40. The number of fused-ring (bicyclic) bond motifs is 7. The van der Waals surface area contributed by atoms with Crippen molar-refractivity contribution in [3.05, 3.63) is 104 Å². The number of unbranched alkanes of at least 4 members (excludes halogenated alkanes) is 3. The summed E-state index contributed by atoms with van der Waals surface area (Å²) in [6.07, 6.45) is 9.27. The number of allylic oxidation sites excluding steroid dienone is 2.